The molecule has 1 amide bonds. The van der Waals surface area contributed by atoms with Gasteiger partial charge in [0.15, 0.2) is 5.69 Å². The van der Waals surface area contributed by atoms with E-state index in [1.54, 1.807) is 12.1 Å². The number of nitrogens with zero attached hydrogens (tertiary/aromatic N) is 1. The number of hydrogen-bond acceptors (Lipinski definition) is 3. The number of rotatable bonds is 3. The zero-order chi connectivity index (χ0) is 12.7. The zero-order valence-corrected chi connectivity index (χ0v) is 10.2. The molecule has 94 valence electrons. The highest BCUT2D eigenvalue weighted by Gasteiger charge is 2.37. The summed E-state index contributed by atoms with van der Waals surface area (Å²) in [6.07, 6.45) is 2.19. The lowest BCUT2D eigenvalue weighted by Gasteiger charge is -2.02. The summed E-state index contributed by atoms with van der Waals surface area (Å²) in [6, 6.07) is 5.71. The quantitative estimate of drug-likeness (QED) is 0.718. The van der Waals surface area contributed by atoms with Crippen LogP contribution in [-0.4, -0.2) is 22.1 Å². The second-order valence-corrected chi connectivity index (χ2v) is 4.86. The van der Waals surface area contributed by atoms with Crippen LogP contribution in [0.4, 0.5) is 5.69 Å². The van der Waals surface area contributed by atoms with Gasteiger partial charge in [-0.05, 0) is 30.5 Å². The van der Waals surface area contributed by atoms with Crippen molar-refractivity contribution in [2.24, 2.45) is 5.92 Å². The first-order valence-corrected chi connectivity index (χ1v) is 6.23. The molecule has 1 aromatic heterocycles. The Bertz CT molecular complexity index is 604. The van der Waals surface area contributed by atoms with E-state index >= 15 is 0 Å². The van der Waals surface area contributed by atoms with Gasteiger partial charge in [0, 0.05) is 17.1 Å². The van der Waals surface area contributed by atoms with Gasteiger partial charge in [0.1, 0.15) is 0 Å². The van der Waals surface area contributed by atoms with Crippen LogP contribution in [0.5, 0.6) is 0 Å². The lowest BCUT2D eigenvalue weighted by molar-refractivity contribution is 0.0945. The SMILES string of the molecule is CCC1CC1NC(=O)c1n[nH]c2ccc(N)cc12. The molecule has 2 aromatic rings. The van der Waals surface area contributed by atoms with Gasteiger partial charge in [-0.25, -0.2) is 0 Å². The van der Waals surface area contributed by atoms with Gasteiger partial charge in [-0.2, -0.15) is 5.10 Å². The summed E-state index contributed by atoms with van der Waals surface area (Å²) in [5.41, 5.74) is 7.63. The van der Waals surface area contributed by atoms with Gasteiger partial charge in [-0.3, -0.25) is 9.89 Å². The number of nitrogens with two attached hydrogens (primary N) is 1. The van der Waals surface area contributed by atoms with Crippen LogP contribution in [0.25, 0.3) is 10.9 Å². The molecular weight excluding hydrogens is 228 g/mol. The van der Waals surface area contributed by atoms with Crippen molar-refractivity contribution in [1.29, 1.82) is 0 Å². The highest BCUT2D eigenvalue weighted by Crippen LogP contribution is 2.33. The second kappa shape index (κ2) is 4.01. The highest BCUT2D eigenvalue weighted by molar-refractivity contribution is 6.05. The van der Waals surface area contributed by atoms with Crippen LogP contribution < -0.4 is 11.1 Å². The van der Waals surface area contributed by atoms with Crippen LogP contribution in [-0.2, 0) is 0 Å². The van der Waals surface area contributed by atoms with Crippen molar-refractivity contribution >= 4 is 22.5 Å². The van der Waals surface area contributed by atoms with Crippen LogP contribution in [0.1, 0.15) is 30.3 Å². The molecule has 5 nitrogen and oxygen atoms in total. The average Bonchev–Trinajstić information content (AvgIpc) is 2.97. The van der Waals surface area contributed by atoms with Crippen molar-refractivity contribution in [3.8, 4) is 0 Å². The van der Waals surface area contributed by atoms with Crippen LogP contribution in [0.3, 0.4) is 0 Å². The molecule has 4 N–H and O–H groups in total. The summed E-state index contributed by atoms with van der Waals surface area (Å²) >= 11 is 0. The van der Waals surface area contributed by atoms with Gasteiger partial charge in [0.05, 0.1) is 5.52 Å². The molecule has 0 spiro atoms. The van der Waals surface area contributed by atoms with Gasteiger partial charge in [0.2, 0.25) is 0 Å². The Hall–Kier alpha value is -2.04. The highest BCUT2D eigenvalue weighted by atomic mass is 16.2. The Morgan fingerprint density at radius 1 is 1.61 bits per heavy atom. The Morgan fingerprint density at radius 3 is 3.17 bits per heavy atom. The monoisotopic (exact) mass is 244 g/mol. The van der Waals surface area contributed by atoms with E-state index in [9.17, 15) is 4.79 Å². The van der Waals surface area contributed by atoms with Crippen molar-refractivity contribution in [3.05, 3.63) is 23.9 Å². The molecule has 1 aromatic carbocycles. The minimum Gasteiger partial charge on any atom is -0.399 e. The Balaban J connectivity index is 1.85. The first-order valence-electron chi connectivity index (χ1n) is 6.23. The number of aromatic nitrogens is 2. The maximum Gasteiger partial charge on any atom is 0.272 e. The standard InChI is InChI=1S/C13H16N4O/c1-2-7-5-11(7)15-13(18)12-9-6-8(14)3-4-10(9)16-17-12/h3-4,6-7,11H,2,5,14H2,1H3,(H,15,18)(H,16,17). The van der Waals surface area contributed by atoms with Crippen LogP contribution in [0.2, 0.25) is 0 Å². The minimum absolute atomic E-state index is 0.118. The average molecular weight is 244 g/mol. The molecule has 0 aliphatic heterocycles. The summed E-state index contributed by atoms with van der Waals surface area (Å²) in [6.45, 7) is 2.14. The third-order valence-corrected chi connectivity index (χ3v) is 3.57. The fraction of sp³-hybridized carbons (Fsp3) is 0.385. The number of H-pyrrole nitrogens is 1. The van der Waals surface area contributed by atoms with E-state index in [0.717, 1.165) is 23.7 Å². The molecular formula is C13H16N4O. The number of nitrogens with one attached hydrogen (secondary N) is 2. The van der Waals surface area contributed by atoms with Crippen LogP contribution >= 0.6 is 0 Å². The molecule has 1 heterocycles. The maximum atomic E-state index is 12.1. The third-order valence-electron chi connectivity index (χ3n) is 3.57. The van der Waals surface area contributed by atoms with Gasteiger partial charge in [0.25, 0.3) is 5.91 Å². The Labute approximate surface area is 105 Å². The predicted octanol–water partition coefficient (Wildman–Crippen LogP) is 1.67. The van der Waals surface area contributed by atoms with Gasteiger partial charge in [-0.15, -0.1) is 0 Å². The van der Waals surface area contributed by atoms with E-state index in [0.29, 0.717) is 23.3 Å². The largest absolute Gasteiger partial charge is 0.399 e. The van der Waals surface area contributed by atoms with E-state index in [-0.39, 0.29) is 5.91 Å². The molecule has 0 saturated heterocycles. The molecule has 0 bridgehead atoms. The first-order chi connectivity index (χ1) is 8.69. The first kappa shape index (κ1) is 11.1. The van der Waals surface area contributed by atoms with Crippen molar-refractivity contribution in [1.82, 2.24) is 15.5 Å². The minimum atomic E-state index is -0.118. The Morgan fingerprint density at radius 2 is 2.44 bits per heavy atom. The van der Waals surface area contributed by atoms with Crippen molar-refractivity contribution < 1.29 is 4.79 Å². The third kappa shape index (κ3) is 1.81. The molecule has 2 unspecified atom stereocenters. The predicted molar refractivity (Wildman–Crippen MR) is 70.2 cm³/mol. The molecule has 2 atom stereocenters. The number of fused-ring (bicyclic) bond motifs is 1. The van der Waals surface area contributed by atoms with Crippen molar-refractivity contribution in [2.45, 2.75) is 25.8 Å². The summed E-state index contributed by atoms with van der Waals surface area (Å²) in [5, 5.41) is 10.7. The van der Waals surface area contributed by atoms with E-state index in [1.807, 2.05) is 6.07 Å². The molecule has 1 aliphatic carbocycles. The molecule has 1 saturated carbocycles. The molecule has 18 heavy (non-hydrogen) atoms. The fourth-order valence-electron chi connectivity index (χ4n) is 2.32. The number of nitrogen functional groups attached to an aromatic ring is 1. The smallest absolute Gasteiger partial charge is 0.272 e. The molecule has 0 radical (unpaired) electrons. The number of aromatic amines is 1. The normalized spacial score (nSPS) is 22.1. The van der Waals surface area contributed by atoms with Crippen molar-refractivity contribution in [2.75, 3.05) is 5.73 Å². The lowest BCUT2D eigenvalue weighted by atomic mass is 10.2. The van der Waals surface area contributed by atoms with Gasteiger partial charge >= 0.3 is 0 Å². The number of benzene rings is 1. The van der Waals surface area contributed by atoms with Crippen molar-refractivity contribution in [3.63, 3.8) is 0 Å². The summed E-state index contributed by atoms with van der Waals surface area (Å²) in [4.78, 5) is 12.1. The van der Waals surface area contributed by atoms with E-state index in [2.05, 4.69) is 22.4 Å². The number of hydrogen-bond donors (Lipinski definition) is 3. The fourth-order valence-corrected chi connectivity index (χ4v) is 2.32. The number of carbonyl (C=O) groups excluding carboxylic acids is 1. The van der Waals surface area contributed by atoms with E-state index in [1.165, 1.54) is 0 Å². The topological polar surface area (TPSA) is 83.8 Å². The maximum absolute atomic E-state index is 12.1. The van der Waals surface area contributed by atoms with Crippen LogP contribution in [0.15, 0.2) is 18.2 Å². The Kier molecular flexibility index (Phi) is 2.47. The van der Waals surface area contributed by atoms with E-state index in [4.69, 9.17) is 5.73 Å². The van der Waals surface area contributed by atoms with Gasteiger partial charge in [-0.1, -0.05) is 13.3 Å². The van der Waals surface area contributed by atoms with Gasteiger partial charge < -0.3 is 11.1 Å². The second-order valence-electron chi connectivity index (χ2n) is 4.86. The summed E-state index contributed by atoms with van der Waals surface area (Å²) in [7, 11) is 0. The molecule has 5 heteroatoms. The number of amides is 1. The molecule has 1 aliphatic rings. The molecule has 3 rings (SSSR count). The number of carbonyl (C=O) groups is 1. The molecule has 1 fully saturated rings. The lowest BCUT2D eigenvalue weighted by Crippen LogP contribution is -2.27. The number of anilines is 1. The summed E-state index contributed by atoms with van der Waals surface area (Å²) < 4.78 is 0. The van der Waals surface area contributed by atoms with E-state index < -0.39 is 0 Å². The summed E-state index contributed by atoms with van der Waals surface area (Å²) in [5.74, 6) is 0.511. The zero-order valence-electron chi connectivity index (χ0n) is 10.2. The van der Waals surface area contributed by atoms with Crippen LogP contribution in [0, 0.1) is 5.92 Å².